The fourth-order valence-corrected chi connectivity index (χ4v) is 4.58. The maximum atomic E-state index is 13.0. The van der Waals surface area contributed by atoms with Crippen LogP contribution in [0.1, 0.15) is 42.5 Å². The number of anilines is 1. The standard InChI is InChI=1S/C22H24N2O/c1-5-17-20(15-10-6-8-12-18(15)23(17)3)14(2)21-16-11-7-9-13-19(16)24(4)22(21)25/h6-14,21H,5H2,1-4H3. The molecule has 1 amide bonds. The molecule has 0 radical (unpaired) electrons. The second kappa shape index (κ2) is 5.76. The molecule has 3 nitrogen and oxygen atoms in total. The number of carbonyl (C=O) groups excluding carboxylic acids is 1. The molecule has 1 aliphatic rings. The van der Waals surface area contributed by atoms with Crippen molar-refractivity contribution in [1.29, 1.82) is 0 Å². The molecule has 2 aromatic carbocycles. The van der Waals surface area contributed by atoms with E-state index in [0.29, 0.717) is 0 Å². The molecule has 1 aromatic heterocycles. The molecule has 0 saturated carbocycles. The van der Waals surface area contributed by atoms with Gasteiger partial charge >= 0.3 is 0 Å². The van der Waals surface area contributed by atoms with Gasteiger partial charge in [0.2, 0.25) is 5.91 Å². The number of nitrogens with zero attached hydrogens (tertiary/aromatic N) is 2. The molecule has 0 bridgehead atoms. The summed E-state index contributed by atoms with van der Waals surface area (Å²) in [6.45, 7) is 4.40. The van der Waals surface area contributed by atoms with Gasteiger partial charge in [0.15, 0.2) is 0 Å². The summed E-state index contributed by atoms with van der Waals surface area (Å²) in [6.07, 6.45) is 0.962. The first-order valence-corrected chi connectivity index (χ1v) is 8.99. The van der Waals surface area contributed by atoms with Crippen LogP contribution in [0.2, 0.25) is 0 Å². The molecule has 0 fully saturated rings. The van der Waals surface area contributed by atoms with Crippen LogP contribution in [0.15, 0.2) is 48.5 Å². The third-order valence-corrected chi connectivity index (χ3v) is 5.79. The van der Waals surface area contributed by atoms with Crippen molar-refractivity contribution >= 4 is 22.5 Å². The Labute approximate surface area is 148 Å². The number of rotatable bonds is 3. The molecule has 128 valence electrons. The molecule has 4 rings (SSSR count). The lowest BCUT2D eigenvalue weighted by Crippen LogP contribution is -2.26. The second-order valence-electron chi connectivity index (χ2n) is 7.01. The normalized spacial score (nSPS) is 18.0. The van der Waals surface area contributed by atoms with Gasteiger partial charge in [-0.05, 0) is 35.6 Å². The number of fused-ring (bicyclic) bond motifs is 2. The highest BCUT2D eigenvalue weighted by Crippen LogP contribution is 2.46. The Kier molecular flexibility index (Phi) is 3.68. The summed E-state index contributed by atoms with van der Waals surface area (Å²) >= 11 is 0. The molecule has 0 aliphatic carbocycles. The molecular weight excluding hydrogens is 308 g/mol. The Morgan fingerprint density at radius 2 is 1.72 bits per heavy atom. The summed E-state index contributed by atoms with van der Waals surface area (Å²) in [7, 11) is 4.02. The first kappa shape index (κ1) is 15.9. The molecule has 3 heteroatoms. The van der Waals surface area contributed by atoms with Crippen LogP contribution in [0, 0.1) is 0 Å². The fraction of sp³-hybridized carbons (Fsp3) is 0.318. The van der Waals surface area contributed by atoms with Crippen molar-refractivity contribution in [2.75, 3.05) is 11.9 Å². The number of aromatic nitrogens is 1. The minimum absolute atomic E-state index is 0.114. The van der Waals surface area contributed by atoms with Crippen molar-refractivity contribution < 1.29 is 4.79 Å². The maximum Gasteiger partial charge on any atom is 0.234 e. The molecule has 1 aliphatic heterocycles. The predicted molar refractivity (Wildman–Crippen MR) is 103 cm³/mol. The Bertz CT molecular complexity index is 969. The lowest BCUT2D eigenvalue weighted by molar-refractivity contribution is -0.119. The highest BCUT2D eigenvalue weighted by atomic mass is 16.2. The second-order valence-corrected chi connectivity index (χ2v) is 7.01. The molecule has 0 N–H and O–H groups in total. The number of aryl methyl sites for hydroxylation is 1. The number of hydrogen-bond donors (Lipinski definition) is 0. The fourth-order valence-electron chi connectivity index (χ4n) is 4.58. The van der Waals surface area contributed by atoms with Gasteiger partial charge in [0.1, 0.15) is 0 Å². The summed E-state index contributed by atoms with van der Waals surface area (Å²) in [4.78, 5) is 14.9. The maximum absolute atomic E-state index is 13.0. The van der Waals surface area contributed by atoms with Gasteiger partial charge in [0.05, 0.1) is 5.92 Å². The van der Waals surface area contributed by atoms with E-state index in [-0.39, 0.29) is 17.7 Å². The average molecular weight is 332 g/mol. The van der Waals surface area contributed by atoms with Crippen LogP contribution in [-0.2, 0) is 18.3 Å². The Balaban J connectivity index is 1.92. The minimum atomic E-state index is -0.114. The van der Waals surface area contributed by atoms with Crippen LogP contribution in [0.5, 0.6) is 0 Å². The molecule has 0 spiro atoms. The van der Waals surface area contributed by atoms with Crippen LogP contribution in [-0.4, -0.2) is 17.5 Å². The third kappa shape index (κ3) is 2.15. The van der Waals surface area contributed by atoms with E-state index in [0.717, 1.165) is 17.7 Å². The van der Waals surface area contributed by atoms with E-state index in [1.54, 1.807) is 0 Å². The van der Waals surface area contributed by atoms with Gasteiger partial charge in [-0.2, -0.15) is 0 Å². The van der Waals surface area contributed by atoms with Crippen molar-refractivity contribution in [3.8, 4) is 0 Å². The summed E-state index contributed by atoms with van der Waals surface area (Å²) < 4.78 is 2.29. The largest absolute Gasteiger partial charge is 0.347 e. The minimum Gasteiger partial charge on any atom is -0.347 e. The molecular formula is C22H24N2O. The summed E-state index contributed by atoms with van der Waals surface area (Å²) in [6, 6.07) is 16.7. The zero-order valence-electron chi connectivity index (χ0n) is 15.3. The Morgan fingerprint density at radius 3 is 2.48 bits per heavy atom. The van der Waals surface area contributed by atoms with Crippen LogP contribution in [0.4, 0.5) is 5.69 Å². The van der Waals surface area contributed by atoms with E-state index < -0.39 is 0 Å². The van der Waals surface area contributed by atoms with E-state index in [2.05, 4.69) is 55.8 Å². The monoisotopic (exact) mass is 332 g/mol. The smallest absolute Gasteiger partial charge is 0.234 e. The van der Waals surface area contributed by atoms with E-state index in [1.165, 1.54) is 22.2 Å². The van der Waals surface area contributed by atoms with Gasteiger partial charge in [0, 0.05) is 36.4 Å². The lowest BCUT2D eigenvalue weighted by Gasteiger charge is -2.21. The number of para-hydroxylation sites is 2. The number of benzene rings is 2. The number of carbonyl (C=O) groups is 1. The van der Waals surface area contributed by atoms with Crippen molar-refractivity contribution in [2.24, 2.45) is 7.05 Å². The lowest BCUT2D eigenvalue weighted by atomic mass is 9.82. The summed E-state index contributed by atoms with van der Waals surface area (Å²) in [5.74, 6) is 0.223. The number of likely N-dealkylation sites (N-methyl/N-ethyl adjacent to an activating group) is 1. The molecule has 2 heterocycles. The van der Waals surface area contributed by atoms with Crippen molar-refractivity contribution in [3.63, 3.8) is 0 Å². The predicted octanol–water partition coefficient (Wildman–Crippen LogP) is 4.60. The molecule has 3 aromatic rings. The molecule has 2 unspecified atom stereocenters. The van der Waals surface area contributed by atoms with Crippen molar-refractivity contribution in [1.82, 2.24) is 4.57 Å². The zero-order chi connectivity index (χ0) is 17.7. The van der Waals surface area contributed by atoms with Gasteiger partial charge in [-0.3, -0.25) is 4.79 Å². The van der Waals surface area contributed by atoms with Crippen LogP contribution in [0.3, 0.4) is 0 Å². The van der Waals surface area contributed by atoms with Gasteiger partial charge in [-0.25, -0.2) is 0 Å². The van der Waals surface area contributed by atoms with Crippen molar-refractivity contribution in [2.45, 2.75) is 32.1 Å². The molecule has 2 atom stereocenters. The zero-order valence-corrected chi connectivity index (χ0v) is 15.3. The van der Waals surface area contributed by atoms with E-state index in [4.69, 9.17) is 0 Å². The first-order chi connectivity index (χ1) is 12.1. The molecule has 25 heavy (non-hydrogen) atoms. The van der Waals surface area contributed by atoms with Gasteiger partial charge in [-0.15, -0.1) is 0 Å². The van der Waals surface area contributed by atoms with Gasteiger partial charge in [0.25, 0.3) is 0 Å². The number of hydrogen-bond acceptors (Lipinski definition) is 1. The summed E-state index contributed by atoms with van der Waals surface area (Å²) in [5, 5.41) is 1.27. The van der Waals surface area contributed by atoms with Crippen LogP contribution in [0.25, 0.3) is 10.9 Å². The van der Waals surface area contributed by atoms with Gasteiger partial charge < -0.3 is 9.47 Å². The quantitative estimate of drug-likeness (QED) is 0.688. The SMILES string of the molecule is CCc1c(C(C)C2C(=O)N(C)c3ccccc32)c2ccccc2n1C. The Hall–Kier alpha value is -2.55. The van der Waals surface area contributed by atoms with E-state index in [1.807, 2.05) is 30.1 Å². The summed E-state index contributed by atoms with van der Waals surface area (Å²) in [5.41, 5.74) is 6.09. The van der Waals surface area contributed by atoms with Crippen LogP contribution >= 0.6 is 0 Å². The van der Waals surface area contributed by atoms with E-state index >= 15 is 0 Å². The number of amides is 1. The molecule has 0 saturated heterocycles. The third-order valence-electron chi connectivity index (χ3n) is 5.79. The average Bonchev–Trinajstić information content (AvgIpc) is 3.07. The highest BCUT2D eigenvalue weighted by Gasteiger charge is 2.40. The van der Waals surface area contributed by atoms with Crippen LogP contribution < -0.4 is 4.90 Å². The van der Waals surface area contributed by atoms with Crippen molar-refractivity contribution in [3.05, 3.63) is 65.4 Å². The Morgan fingerprint density at radius 1 is 1.04 bits per heavy atom. The first-order valence-electron chi connectivity index (χ1n) is 8.99. The van der Waals surface area contributed by atoms with E-state index in [9.17, 15) is 4.79 Å². The highest BCUT2D eigenvalue weighted by molar-refractivity contribution is 6.05. The topological polar surface area (TPSA) is 25.2 Å². The van der Waals surface area contributed by atoms with Gasteiger partial charge in [-0.1, -0.05) is 50.2 Å².